The number of anilines is 2. The Morgan fingerprint density at radius 3 is 2.32 bits per heavy atom. The van der Waals surface area contributed by atoms with Gasteiger partial charge in [0.25, 0.3) is 0 Å². The SMILES string of the molecule is O=C(Nc1ccccc1)N(CCNS(=O)(=O)c1cc(Cl)ccc1Cl)c1ccc(F)cc1. The molecule has 0 saturated heterocycles. The maximum absolute atomic E-state index is 13.3. The highest BCUT2D eigenvalue weighted by atomic mass is 35.5. The van der Waals surface area contributed by atoms with E-state index < -0.39 is 21.9 Å². The van der Waals surface area contributed by atoms with Gasteiger partial charge in [0, 0.05) is 29.5 Å². The monoisotopic (exact) mass is 481 g/mol. The van der Waals surface area contributed by atoms with Crippen LogP contribution >= 0.6 is 23.2 Å². The van der Waals surface area contributed by atoms with E-state index in [2.05, 4.69) is 10.0 Å². The molecule has 0 aliphatic carbocycles. The summed E-state index contributed by atoms with van der Waals surface area (Å²) in [5.41, 5.74) is 0.959. The van der Waals surface area contributed by atoms with Gasteiger partial charge in [0.1, 0.15) is 10.7 Å². The van der Waals surface area contributed by atoms with Crippen molar-refractivity contribution in [1.82, 2.24) is 4.72 Å². The minimum Gasteiger partial charge on any atom is -0.308 e. The first-order valence-electron chi connectivity index (χ1n) is 9.10. The topological polar surface area (TPSA) is 78.5 Å². The number of carbonyl (C=O) groups is 1. The number of benzene rings is 3. The Kier molecular flexibility index (Phi) is 7.50. The standard InChI is InChI=1S/C21H18Cl2FN3O3S/c22-15-6-11-19(23)20(14-15)31(29,30)25-12-13-27(18-9-7-16(24)8-10-18)21(28)26-17-4-2-1-3-5-17/h1-11,14,25H,12-13H2,(H,26,28). The third kappa shape index (κ3) is 6.18. The Labute approximate surface area is 189 Å². The summed E-state index contributed by atoms with van der Waals surface area (Å²) in [6, 6.07) is 17.7. The van der Waals surface area contributed by atoms with Crippen molar-refractivity contribution in [3.63, 3.8) is 0 Å². The third-order valence-electron chi connectivity index (χ3n) is 4.22. The van der Waals surface area contributed by atoms with E-state index in [1.165, 1.54) is 47.4 Å². The van der Waals surface area contributed by atoms with Gasteiger partial charge >= 0.3 is 6.03 Å². The van der Waals surface area contributed by atoms with Gasteiger partial charge in [0.15, 0.2) is 0 Å². The zero-order chi connectivity index (χ0) is 22.4. The van der Waals surface area contributed by atoms with Crippen LogP contribution in [-0.4, -0.2) is 27.5 Å². The number of hydrogen-bond acceptors (Lipinski definition) is 3. The molecule has 0 fully saturated rings. The van der Waals surface area contributed by atoms with Crippen molar-refractivity contribution in [1.29, 1.82) is 0 Å². The van der Waals surface area contributed by atoms with Crippen LogP contribution in [0.5, 0.6) is 0 Å². The van der Waals surface area contributed by atoms with Gasteiger partial charge in [-0.1, -0.05) is 41.4 Å². The van der Waals surface area contributed by atoms with E-state index in [1.807, 2.05) is 6.07 Å². The van der Waals surface area contributed by atoms with Gasteiger partial charge in [-0.3, -0.25) is 4.90 Å². The average molecular weight is 482 g/mol. The molecule has 0 unspecified atom stereocenters. The summed E-state index contributed by atoms with van der Waals surface area (Å²) in [7, 11) is -3.97. The molecule has 10 heteroatoms. The summed E-state index contributed by atoms with van der Waals surface area (Å²) in [5, 5.41) is 2.97. The summed E-state index contributed by atoms with van der Waals surface area (Å²) in [4.78, 5) is 14.0. The second-order valence-electron chi connectivity index (χ2n) is 6.40. The molecule has 3 rings (SSSR count). The van der Waals surface area contributed by atoms with Crippen LogP contribution in [0.3, 0.4) is 0 Å². The molecule has 162 valence electrons. The molecule has 2 amide bonds. The molecule has 0 bridgehead atoms. The maximum atomic E-state index is 13.3. The predicted octanol–water partition coefficient (Wildman–Crippen LogP) is 5.15. The number of para-hydroxylation sites is 1. The van der Waals surface area contributed by atoms with Crippen molar-refractivity contribution in [2.24, 2.45) is 0 Å². The van der Waals surface area contributed by atoms with E-state index in [-0.39, 0.29) is 28.0 Å². The number of rotatable bonds is 7. The zero-order valence-corrected chi connectivity index (χ0v) is 18.4. The summed E-state index contributed by atoms with van der Waals surface area (Å²) in [6.45, 7) is -0.146. The number of urea groups is 1. The van der Waals surface area contributed by atoms with Gasteiger partial charge in [0.05, 0.1) is 5.02 Å². The Hall–Kier alpha value is -2.65. The molecular weight excluding hydrogens is 464 g/mol. The van der Waals surface area contributed by atoms with Crippen molar-refractivity contribution in [3.8, 4) is 0 Å². The fourth-order valence-corrected chi connectivity index (χ4v) is 4.52. The molecule has 6 nitrogen and oxygen atoms in total. The van der Waals surface area contributed by atoms with E-state index in [9.17, 15) is 17.6 Å². The van der Waals surface area contributed by atoms with Crippen LogP contribution in [-0.2, 0) is 10.0 Å². The highest BCUT2D eigenvalue weighted by Gasteiger charge is 2.21. The lowest BCUT2D eigenvalue weighted by molar-refractivity contribution is 0.257. The lowest BCUT2D eigenvalue weighted by Crippen LogP contribution is -2.41. The van der Waals surface area contributed by atoms with Gasteiger partial charge in [-0.15, -0.1) is 0 Å². The Balaban J connectivity index is 1.76. The lowest BCUT2D eigenvalue weighted by atomic mass is 10.3. The van der Waals surface area contributed by atoms with E-state index in [0.717, 1.165) is 0 Å². The minimum absolute atomic E-state index is 0.0223. The molecule has 0 radical (unpaired) electrons. The summed E-state index contributed by atoms with van der Waals surface area (Å²) in [6.07, 6.45) is 0. The van der Waals surface area contributed by atoms with Crippen LogP contribution in [0.1, 0.15) is 0 Å². The zero-order valence-electron chi connectivity index (χ0n) is 16.1. The van der Waals surface area contributed by atoms with E-state index >= 15 is 0 Å². The van der Waals surface area contributed by atoms with E-state index in [1.54, 1.807) is 24.3 Å². The first kappa shape index (κ1) is 23.0. The van der Waals surface area contributed by atoms with Gasteiger partial charge in [-0.25, -0.2) is 22.3 Å². The van der Waals surface area contributed by atoms with Crippen LogP contribution in [0, 0.1) is 5.82 Å². The highest BCUT2D eigenvalue weighted by Crippen LogP contribution is 2.25. The maximum Gasteiger partial charge on any atom is 0.326 e. The first-order valence-corrected chi connectivity index (χ1v) is 11.3. The van der Waals surface area contributed by atoms with Crippen molar-refractivity contribution >= 4 is 50.6 Å². The first-order chi connectivity index (χ1) is 14.8. The number of carbonyl (C=O) groups excluding carboxylic acids is 1. The molecule has 0 spiro atoms. The molecule has 0 atom stereocenters. The summed E-state index contributed by atoms with van der Waals surface area (Å²) >= 11 is 11.9. The largest absolute Gasteiger partial charge is 0.326 e. The van der Waals surface area contributed by atoms with Gasteiger partial charge in [-0.05, 0) is 54.6 Å². The number of nitrogens with zero attached hydrogens (tertiary/aromatic N) is 1. The van der Waals surface area contributed by atoms with Crippen molar-refractivity contribution in [2.75, 3.05) is 23.3 Å². The fourth-order valence-electron chi connectivity index (χ4n) is 2.73. The second kappa shape index (κ2) is 10.1. The fraction of sp³-hybridized carbons (Fsp3) is 0.0952. The van der Waals surface area contributed by atoms with Crippen molar-refractivity contribution in [3.05, 3.63) is 88.7 Å². The van der Waals surface area contributed by atoms with Crippen molar-refractivity contribution in [2.45, 2.75) is 4.90 Å². The number of nitrogens with one attached hydrogen (secondary N) is 2. The number of sulfonamides is 1. The average Bonchev–Trinajstić information content (AvgIpc) is 2.74. The highest BCUT2D eigenvalue weighted by molar-refractivity contribution is 7.89. The van der Waals surface area contributed by atoms with Crippen LogP contribution in [0.25, 0.3) is 0 Å². The lowest BCUT2D eigenvalue weighted by Gasteiger charge is -2.23. The Morgan fingerprint density at radius 1 is 0.968 bits per heavy atom. The molecule has 3 aromatic carbocycles. The van der Waals surface area contributed by atoms with Crippen molar-refractivity contribution < 1.29 is 17.6 Å². The van der Waals surface area contributed by atoms with E-state index in [0.29, 0.717) is 11.4 Å². The number of amides is 2. The second-order valence-corrected chi connectivity index (χ2v) is 8.98. The Morgan fingerprint density at radius 2 is 1.65 bits per heavy atom. The number of hydrogen-bond donors (Lipinski definition) is 2. The molecule has 0 aliphatic heterocycles. The summed E-state index contributed by atoms with van der Waals surface area (Å²) in [5.74, 6) is -0.455. The molecule has 31 heavy (non-hydrogen) atoms. The smallest absolute Gasteiger partial charge is 0.308 e. The quantitative estimate of drug-likeness (QED) is 0.489. The van der Waals surface area contributed by atoms with Gasteiger partial charge < -0.3 is 5.32 Å². The van der Waals surface area contributed by atoms with Gasteiger partial charge in [-0.2, -0.15) is 0 Å². The molecule has 2 N–H and O–H groups in total. The Bertz CT molecular complexity index is 1160. The molecule has 0 aromatic heterocycles. The van der Waals surface area contributed by atoms with E-state index in [4.69, 9.17) is 23.2 Å². The molecule has 3 aromatic rings. The van der Waals surface area contributed by atoms with Crippen LogP contribution in [0.4, 0.5) is 20.6 Å². The molecule has 0 saturated carbocycles. The third-order valence-corrected chi connectivity index (χ3v) is 6.40. The van der Waals surface area contributed by atoms with Crippen LogP contribution in [0.2, 0.25) is 10.0 Å². The summed E-state index contributed by atoms with van der Waals surface area (Å²) < 4.78 is 40.9. The van der Waals surface area contributed by atoms with Crippen LogP contribution in [0.15, 0.2) is 77.7 Å². The molecule has 0 heterocycles. The predicted molar refractivity (Wildman–Crippen MR) is 121 cm³/mol. The van der Waals surface area contributed by atoms with Crippen LogP contribution < -0.4 is 14.9 Å². The number of halogens is 3. The molecule has 0 aliphatic rings. The molecular formula is C21H18Cl2FN3O3S. The normalized spacial score (nSPS) is 11.2. The van der Waals surface area contributed by atoms with Gasteiger partial charge in [0.2, 0.25) is 10.0 Å². The minimum atomic E-state index is -3.97.